The molecule has 1 aromatic rings. The van der Waals surface area contributed by atoms with Gasteiger partial charge in [-0.05, 0) is 33.0 Å². The van der Waals surface area contributed by atoms with E-state index in [1.807, 2.05) is 20.0 Å². The van der Waals surface area contributed by atoms with Crippen LogP contribution in [0.15, 0.2) is 11.6 Å². The van der Waals surface area contributed by atoms with Gasteiger partial charge in [0.05, 0.1) is 5.01 Å². The Morgan fingerprint density at radius 1 is 1.36 bits per heavy atom. The molecule has 1 fully saturated rings. The van der Waals surface area contributed by atoms with Crippen LogP contribution in [0.5, 0.6) is 0 Å². The van der Waals surface area contributed by atoms with Crippen LogP contribution >= 0.6 is 11.3 Å². The second-order valence-corrected chi connectivity index (χ2v) is 4.37. The zero-order valence-electron chi connectivity index (χ0n) is 9.36. The SMILES string of the molecule is CC.CN1CCC(c2nccs2)CC1. The topological polar surface area (TPSA) is 16.1 Å². The van der Waals surface area contributed by atoms with Crippen LogP contribution in [0.3, 0.4) is 0 Å². The average Bonchev–Trinajstić information content (AvgIpc) is 2.75. The number of thiazole rings is 1. The lowest BCUT2D eigenvalue weighted by Crippen LogP contribution is -2.29. The maximum atomic E-state index is 4.36. The lowest BCUT2D eigenvalue weighted by molar-refractivity contribution is 0.255. The zero-order chi connectivity index (χ0) is 10.4. The molecule has 14 heavy (non-hydrogen) atoms. The first-order valence-electron chi connectivity index (χ1n) is 5.44. The predicted octanol–water partition coefficient (Wildman–Crippen LogP) is 2.98. The van der Waals surface area contributed by atoms with E-state index in [9.17, 15) is 0 Å². The summed E-state index contributed by atoms with van der Waals surface area (Å²) in [5, 5.41) is 3.41. The number of hydrogen-bond donors (Lipinski definition) is 0. The average molecular weight is 212 g/mol. The van der Waals surface area contributed by atoms with E-state index in [1.165, 1.54) is 30.9 Å². The van der Waals surface area contributed by atoms with E-state index < -0.39 is 0 Å². The number of hydrogen-bond acceptors (Lipinski definition) is 3. The molecule has 0 N–H and O–H groups in total. The van der Waals surface area contributed by atoms with Crippen LogP contribution in [-0.4, -0.2) is 30.0 Å². The highest BCUT2D eigenvalue weighted by molar-refractivity contribution is 7.09. The quantitative estimate of drug-likeness (QED) is 0.711. The Hall–Kier alpha value is -0.410. The van der Waals surface area contributed by atoms with Crippen molar-refractivity contribution >= 4 is 11.3 Å². The van der Waals surface area contributed by atoms with E-state index in [1.54, 1.807) is 11.3 Å². The molecule has 0 radical (unpaired) electrons. The number of nitrogens with zero attached hydrogens (tertiary/aromatic N) is 2. The summed E-state index contributed by atoms with van der Waals surface area (Å²) in [6.45, 7) is 6.45. The van der Waals surface area contributed by atoms with Crippen molar-refractivity contribution in [2.45, 2.75) is 32.6 Å². The molecule has 0 amide bonds. The minimum absolute atomic E-state index is 0.737. The van der Waals surface area contributed by atoms with Crippen molar-refractivity contribution in [2.24, 2.45) is 0 Å². The lowest BCUT2D eigenvalue weighted by Gasteiger charge is -2.27. The zero-order valence-corrected chi connectivity index (χ0v) is 10.2. The summed E-state index contributed by atoms with van der Waals surface area (Å²) < 4.78 is 0. The van der Waals surface area contributed by atoms with Gasteiger partial charge in [0.2, 0.25) is 0 Å². The third-order valence-corrected chi connectivity index (χ3v) is 3.46. The van der Waals surface area contributed by atoms with E-state index >= 15 is 0 Å². The Morgan fingerprint density at radius 2 is 2.00 bits per heavy atom. The smallest absolute Gasteiger partial charge is 0.0956 e. The largest absolute Gasteiger partial charge is 0.306 e. The number of aromatic nitrogens is 1. The molecule has 80 valence electrons. The first kappa shape index (κ1) is 11.7. The van der Waals surface area contributed by atoms with Crippen molar-refractivity contribution in [3.8, 4) is 0 Å². The normalized spacial score (nSPS) is 18.8. The van der Waals surface area contributed by atoms with Gasteiger partial charge in [0, 0.05) is 17.5 Å². The highest BCUT2D eigenvalue weighted by Crippen LogP contribution is 2.28. The third kappa shape index (κ3) is 3.07. The molecule has 0 unspecified atom stereocenters. The Kier molecular flexibility index (Phi) is 5.12. The molecule has 2 nitrogen and oxygen atoms in total. The monoisotopic (exact) mass is 212 g/mol. The van der Waals surface area contributed by atoms with Gasteiger partial charge >= 0.3 is 0 Å². The maximum absolute atomic E-state index is 4.36. The van der Waals surface area contributed by atoms with Gasteiger partial charge < -0.3 is 4.90 Å². The molecule has 3 heteroatoms. The molecule has 1 aliphatic heterocycles. The van der Waals surface area contributed by atoms with Crippen molar-refractivity contribution in [3.63, 3.8) is 0 Å². The van der Waals surface area contributed by atoms with Crippen LogP contribution in [0.2, 0.25) is 0 Å². The van der Waals surface area contributed by atoms with E-state index in [0.717, 1.165) is 5.92 Å². The minimum atomic E-state index is 0.737. The number of rotatable bonds is 1. The number of likely N-dealkylation sites (tertiary alicyclic amines) is 1. The molecule has 1 saturated heterocycles. The van der Waals surface area contributed by atoms with Gasteiger partial charge in [0.25, 0.3) is 0 Å². The molecule has 0 bridgehead atoms. The maximum Gasteiger partial charge on any atom is 0.0956 e. The predicted molar refractivity (Wildman–Crippen MR) is 62.9 cm³/mol. The molecule has 2 rings (SSSR count). The highest BCUT2D eigenvalue weighted by Gasteiger charge is 2.19. The van der Waals surface area contributed by atoms with Crippen LogP contribution < -0.4 is 0 Å². The fraction of sp³-hybridized carbons (Fsp3) is 0.727. The Balaban J connectivity index is 0.000000461. The Labute approximate surface area is 91.0 Å². The molecule has 0 saturated carbocycles. The van der Waals surface area contributed by atoms with Gasteiger partial charge in [-0.3, -0.25) is 0 Å². The van der Waals surface area contributed by atoms with Crippen LogP contribution in [0.4, 0.5) is 0 Å². The summed E-state index contributed by atoms with van der Waals surface area (Å²) in [5.74, 6) is 0.737. The van der Waals surface area contributed by atoms with Crippen LogP contribution in [0, 0.1) is 0 Å². The van der Waals surface area contributed by atoms with Gasteiger partial charge in [-0.1, -0.05) is 13.8 Å². The second kappa shape index (κ2) is 6.14. The fourth-order valence-corrected chi connectivity index (χ4v) is 2.50. The van der Waals surface area contributed by atoms with Crippen LogP contribution in [0.25, 0.3) is 0 Å². The summed E-state index contributed by atoms with van der Waals surface area (Å²) >= 11 is 1.80. The molecule has 1 aromatic heterocycles. The van der Waals surface area contributed by atoms with Crippen LogP contribution in [0.1, 0.15) is 37.6 Å². The van der Waals surface area contributed by atoms with Crippen molar-refractivity contribution in [2.75, 3.05) is 20.1 Å². The molecule has 0 spiro atoms. The molecular weight excluding hydrogens is 192 g/mol. The molecular formula is C11H20N2S. The van der Waals surface area contributed by atoms with E-state index in [0.29, 0.717) is 0 Å². The Morgan fingerprint density at radius 3 is 2.50 bits per heavy atom. The van der Waals surface area contributed by atoms with Crippen molar-refractivity contribution < 1.29 is 0 Å². The standard InChI is InChI=1S/C9H14N2S.C2H6/c1-11-5-2-8(3-6-11)9-10-4-7-12-9;1-2/h4,7-8H,2-3,5-6H2,1H3;1-2H3. The summed E-state index contributed by atoms with van der Waals surface area (Å²) in [4.78, 5) is 6.76. The van der Waals surface area contributed by atoms with Crippen molar-refractivity contribution in [1.29, 1.82) is 0 Å². The molecule has 0 aromatic carbocycles. The van der Waals surface area contributed by atoms with Crippen molar-refractivity contribution in [3.05, 3.63) is 16.6 Å². The molecule has 2 heterocycles. The van der Waals surface area contributed by atoms with Crippen molar-refractivity contribution in [1.82, 2.24) is 9.88 Å². The van der Waals surface area contributed by atoms with Gasteiger partial charge in [-0.15, -0.1) is 11.3 Å². The van der Waals surface area contributed by atoms with Gasteiger partial charge in [0.1, 0.15) is 0 Å². The summed E-state index contributed by atoms with van der Waals surface area (Å²) in [6, 6.07) is 0. The number of piperidine rings is 1. The summed E-state index contributed by atoms with van der Waals surface area (Å²) in [6.07, 6.45) is 4.48. The fourth-order valence-electron chi connectivity index (χ4n) is 1.69. The van der Waals surface area contributed by atoms with Crippen LogP contribution in [-0.2, 0) is 0 Å². The Bertz CT molecular complexity index is 225. The third-order valence-electron chi connectivity index (χ3n) is 2.52. The highest BCUT2D eigenvalue weighted by atomic mass is 32.1. The summed E-state index contributed by atoms with van der Waals surface area (Å²) in [7, 11) is 2.19. The second-order valence-electron chi connectivity index (χ2n) is 3.45. The van der Waals surface area contributed by atoms with E-state index in [4.69, 9.17) is 0 Å². The molecule has 0 atom stereocenters. The van der Waals surface area contributed by atoms with Gasteiger partial charge in [-0.25, -0.2) is 4.98 Å². The molecule has 0 aliphatic carbocycles. The lowest BCUT2D eigenvalue weighted by atomic mass is 9.98. The van der Waals surface area contributed by atoms with Gasteiger partial charge in [0.15, 0.2) is 0 Å². The summed E-state index contributed by atoms with van der Waals surface area (Å²) in [5.41, 5.74) is 0. The minimum Gasteiger partial charge on any atom is -0.306 e. The first-order chi connectivity index (χ1) is 6.86. The van der Waals surface area contributed by atoms with Gasteiger partial charge in [-0.2, -0.15) is 0 Å². The first-order valence-corrected chi connectivity index (χ1v) is 6.32. The molecule has 1 aliphatic rings. The van der Waals surface area contributed by atoms with E-state index in [2.05, 4.69) is 22.3 Å². The van der Waals surface area contributed by atoms with E-state index in [-0.39, 0.29) is 0 Å².